The second-order valence-corrected chi connectivity index (χ2v) is 7.60. The third-order valence-corrected chi connectivity index (χ3v) is 5.77. The topological polar surface area (TPSA) is 86.8 Å². The van der Waals surface area contributed by atoms with Crippen LogP contribution in [0.15, 0.2) is 24.3 Å². The molecule has 0 radical (unpaired) electrons. The van der Waals surface area contributed by atoms with Gasteiger partial charge in [-0.25, -0.2) is 0 Å². The Labute approximate surface area is 165 Å². The number of amides is 4. The van der Waals surface area contributed by atoms with Gasteiger partial charge in [-0.05, 0) is 30.5 Å². The lowest BCUT2D eigenvalue weighted by Gasteiger charge is -2.20. The van der Waals surface area contributed by atoms with Crippen LogP contribution in [-0.2, 0) is 20.9 Å². The Morgan fingerprint density at radius 1 is 1.07 bits per heavy atom. The van der Waals surface area contributed by atoms with Crippen LogP contribution in [0, 0.1) is 11.8 Å². The van der Waals surface area contributed by atoms with Gasteiger partial charge in [0, 0.05) is 39.2 Å². The molecule has 1 aromatic carbocycles. The average molecular weight is 385 g/mol. The van der Waals surface area contributed by atoms with Crippen molar-refractivity contribution in [1.82, 2.24) is 15.1 Å². The van der Waals surface area contributed by atoms with Crippen molar-refractivity contribution in [3.05, 3.63) is 35.4 Å². The summed E-state index contributed by atoms with van der Waals surface area (Å²) in [6.07, 6.45) is 3.68. The van der Waals surface area contributed by atoms with Crippen molar-refractivity contribution in [1.29, 1.82) is 0 Å². The second-order valence-electron chi connectivity index (χ2n) is 7.60. The van der Waals surface area contributed by atoms with Crippen molar-refractivity contribution in [2.75, 3.05) is 20.6 Å². The number of hydrogen-bond donors (Lipinski definition) is 1. The van der Waals surface area contributed by atoms with E-state index in [1.54, 1.807) is 31.1 Å². The van der Waals surface area contributed by atoms with Gasteiger partial charge in [-0.15, -0.1) is 0 Å². The lowest BCUT2D eigenvalue weighted by molar-refractivity contribution is -0.140. The molecular weight excluding hydrogens is 358 g/mol. The van der Waals surface area contributed by atoms with E-state index in [1.807, 2.05) is 12.1 Å². The Balaban J connectivity index is 1.52. The van der Waals surface area contributed by atoms with Gasteiger partial charge in [0.1, 0.15) is 0 Å². The third-order valence-electron chi connectivity index (χ3n) is 5.77. The number of rotatable bonds is 6. The third kappa shape index (κ3) is 4.08. The summed E-state index contributed by atoms with van der Waals surface area (Å²) in [7, 11) is 3.27. The summed E-state index contributed by atoms with van der Waals surface area (Å²) >= 11 is 0. The van der Waals surface area contributed by atoms with Gasteiger partial charge < -0.3 is 10.2 Å². The summed E-state index contributed by atoms with van der Waals surface area (Å²) in [6.45, 7) is 0.559. The molecule has 2 aliphatic rings. The number of nitrogens with zero attached hydrogens (tertiary/aromatic N) is 2. The van der Waals surface area contributed by atoms with Crippen molar-refractivity contribution in [3.63, 3.8) is 0 Å². The van der Waals surface area contributed by atoms with E-state index in [-0.39, 0.29) is 48.4 Å². The Morgan fingerprint density at radius 2 is 1.64 bits per heavy atom. The molecule has 0 spiro atoms. The summed E-state index contributed by atoms with van der Waals surface area (Å²) in [5.74, 6) is -0.826. The van der Waals surface area contributed by atoms with Gasteiger partial charge in [0.2, 0.25) is 17.7 Å². The fraction of sp³-hybridized carbons (Fsp3) is 0.524. The maximum Gasteiger partial charge on any atom is 0.251 e. The van der Waals surface area contributed by atoms with Gasteiger partial charge in [0.15, 0.2) is 0 Å². The number of fused-ring (bicyclic) bond motifs is 1. The first-order valence-electron chi connectivity index (χ1n) is 9.82. The molecule has 0 bridgehead atoms. The lowest BCUT2D eigenvalue weighted by atomic mass is 9.81. The van der Waals surface area contributed by atoms with Crippen LogP contribution in [0.25, 0.3) is 0 Å². The minimum absolute atomic E-state index is 0.102. The van der Waals surface area contributed by atoms with Crippen molar-refractivity contribution in [3.8, 4) is 0 Å². The van der Waals surface area contributed by atoms with Crippen molar-refractivity contribution < 1.29 is 19.2 Å². The summed E-state index contributed by atoms with van der Waals surface area (Å²) in [5.41, 5.74) is 1.47. The second kappa shape index (κ2) is 8.54. The number of carbonyl (C=O) groups is 4. The fourth-order valence-corrected chi connectivity index (χ4v) is 4.12. The number of nitrogens with one attached hydrogen (secondary N) is 1. The number of benzene rings is 1. The van der Waals surface area contributed by atoms with Gasteiger partial charge in [0.25, 0.3) is 5.91 Å². The molecular formula is C21H27N3O4. The Hall–Kier alpha value is -2.70. The molecule has 150 valence electrons. The highest BCUT2D eigenvalue weighted by Gasteiger charge is 2.47. The quantitative estimate of drug-likeness (QED) is 0.753. The monoisotopic (exact) mass is 385 g/mol. The average Bonchev–Trinajstić information content (AvgIpc) is 2.96. The molecule has 1 saturated heterocycles. The zero-order valence-corrected chi connectivity index (χ0v) is 16.4. The van der Waals surface area contributed by atoms with Crippen LogP contribution >= 0.6 is 0 Å². The zero-order chi connectivity index (χ0) is 20.3. The predicted octanol–water partition coefficient (Wildman–Crippen LogP) is 1.57. The molecule has 1 aliphatic carbocycles. The fourth-order valence-electron chi connectivity index (χ4n) is 4.12. The molecule has 28 heavy (non-hydrogen) atoms. The SMILES string of the molecule is CNC(=O)c1ccc(CN(C)C(=O)CCN2C(=O)[C@H]3CCCC[C@@H]3C2=O)cc1. The molecule has 1 saturated carbocycles. The molecule has 4 amide bonds. The Kier molecular flexibility index (Phi) is 6.11. The van der Waals surface area contributed by atoms with E-state index in [2.05, 4.69) is 5.32 Å². The molecule has 1 heterocycles. The number of likely N-dealkylation sites (tertiary alicyclic amines) is 1. The number of imide groups is 1. The highest BCUT2D eigenvalue weighted by atomic mass is 16.2. The molecule has 7 heteroatoms. The Morgan fingerprint density at radius 3 is 2.18 bits per heavy atom. The molecule has 2 atom stereocenters. The number of hydrogen-bond acceptors (Lipinski definition) is 4. The molecule has 1 aliphatic heterocycles. The highest BCUT2D eigenvalue weighted by Crippen LogP contribution is 2.37. The first kappa shape index (κ1) is 20.0. The van der Waals surface area contributed by atoms with E-state index < -0.39 is 0 Å². The zero-order valence-electron chi connectivity index (χ0n) is 16.4. The van der Waals surface area contributed by atoms with Crippen LogP contribution in [0.4, 0.5) is 0 Å². The normalized spacial score (nSPS) is 21.4. The summed E-state index contributed by atoms with van der Waals surface area (Å²) in [4.78, 5) is 51.9. The summed E-state index contributed by atoms with van der Waals surface area (Å²) in [5, 5.41) is 2.57. The molecule has 1 aromatic rings. The van der Waals surface area contributed by atoms with Crippen LogP contribution in [0.5, 0.6) is 0 Å². The summed E-state index contributed by atoms with van der Waals surface area (Å²) in [6, 6.07) is 7.06. The van der Waals surface area contributed by atoms with Gasteiger partial charge in [-0.3, -0.25) is 24.1 Å². The molecule has 1 N–H and O–H groups in total. The van der Waals surface area contributed by atoms with Crippen LogP contribution in [0.3, 0.4) is 0 Å². The van der Waals surface area contributed by atoms with E-state index in [0.29, 0.717) is 12.1 Å². The van der Waals surface area contributed by atoms with E-state index in [9.17, 15) is 19.2 Å². The smallest absolute Gasteiger partial charge is 0.251 e. The van der Waals surface area contributed by atoms with Crippen molar-refractivity contribution in [2.24, 2.45) is 11.8 Å². The summed E-state index contributed by atoms with van der Waals surface area (Å²) < 4.78 is 0. The van der Waals surface area contributed by atoms with Crippen molar-refractivity contribution in [2.45, 2.75) is 38.6 Å². The molecule has 3 rings (SSSR count). The van der Waals surface area contributed by atoms with E-state index in [4.69, 9.17) is 0 Å². The van der Waals surface area contributed by atoms with Crippen LogP contribution < -0.4 is 5.32 Å². The lowest BCUT2D eigenvalue weighted by Crippen LogP contribution is -2.36. The van der Waals surface area contributed by atoms with Gasteiger partial charge in [0.05, 0.1) is 11.8 Å². The Bertz CT molecular complexity index is 750. The van der Waals surface area contributed by atoms with Crippen LogP contribution in [-0.4, -0.2) is 54.1 Å². The van der Waals surface area contributed by atoms with E-state index in [0.717, 1.165) is 31.2 Å². The maximum atomic E-state index is 12.5. The van der Waals surface area contributed by atoms with Gasteiger partial charge in [-0.2, -0.15) is 0 Å². The van der Waals surface area contributed by atoms with Gasteiger partial charge in [-0.1, -0.05) is 25.0 Å². The van der Waals surface area contributed by atoms with Crippen molar-refractivity contribution >= 4 is 23.6 Å². The molecule has 2 fully saturated rings. The molecule has 0 unspecified atom stereocenters. The first-order chi connectivity index (χ1) is 13.4. The first-order valence-corrected chi connectivity index (χ1v) is 9.82. The predicted molar refractivity (Wildman–Crippen MR) is 103 cm³/mol. The molecule has 7 nitrogen and oxygen atoms in total. The highest BCUT2D eigenvalue weighted by molar-refractivity contribution is 6.05. The van der Waals surface area contributed by atoms with E-state index >= 15 is 0 Å². The van der Waals surface area contributed by atoms with E-state index in [1.165, 1.54) is 4.90 Å². The maximum absolute atomic E-state index is 12.5. The van der Waals surface area contributed by atoms with Crippen LogP contribution in [0.2, 0.25) is 0 Å². The largest absolute Gasteiger partial charge is 0.355 e. The minimum atomic E-state index is -0.173. The standard InChI is InChI=1S/C21H27N3O4/c1-22-19(26)15-9-7-14(8-10-15)13-23(2)18(25)11-12-24-20(27)16-5-3-4-6-17(16)21(24)28/h7-10,16-17H,3-6,11-13H2,1-2H3,(H,22,26)/t16-,17-/m0/s1. The van der Waals surface area contributed by atoms with Crippen LogP contribution in [0.1, 0.15) is 48.0 Å². The number of carbonyl (C=O) groups excluding carboxylic acids is 4. The molecule has 0 aromatic heterocycles. The minimum Gasteiger partial charge on any atom is -0.355 e. The van der Waals surface area contributed by atoms with Gasteiger partial charge >= 0.3 is 0 Å².